The number of thioether (sulfide) groups is 1. The van der Waals surface area contributed by atoms with Gasteiger partial charge >= 0.3 is 0 Å². The van der Waals surface area contributed by atoms with E-state index >= 15 is 0 Å². The fraction of sp³-hybridized carbons (Fsp3) is 0.286. The van der Waals surface area contributed by atoms with Crippen molar-refractivity contribution in [1.82, 2.24) is 14.8 Å². The van der Waals surface area contributed by atoms with E-state index in [0.29, 0.717) is 32.5 Å². The third-order valence-electron chi connectivity index (χ3n) is 4.43. The molecule has 1 aromatic heterocycles. The van der Waals surface area contributed by atoms with Crippen LogP contribution in [0.15, 0.2) is 35.5 Å². The van der Waals surface area contributed by atoms with Gasteiger partial charge in [-0.15, -0.1) is 10.2 Å². The van der Waals surface area contributed by atoms with Crippen LogP contribution in [0.2, 0.25) is 15.1 Å². The number of rotatable bonds is 7. The van der Waals surface area contributed by atoms with Gasteiger partial charge in [-0.3, -0.25) is 4.79 Å². The number of ether oxygens (including phenoxy) is 1. The second-order valence-electron chi connectivity index (χ2n) is 7.03. The van der Waals surface area contributed by atoms with Gasteiger partial charge in [0, 0.05) is 27.8 Å². The minimum atomic E-state index is -0.339. The highest BCUT2D eigenvalue weighted by Crippen LogP contribution is 2.29. The predicted octanol–water partition coefficient (Wildman–Crippen LogP) is 6.26. The van der Waals surface area contributed by atoms with Gasteiger partial charge in [-0.2, -0.15) is 0 Å². The quantitative estimate of drug-likeness (QED) is 0.388. The van der Waals surface area contributed by atoms with E-state index in [4.69, 9.17) is 39.5 Å². The summed E-state index contributed by atoms with van der Waals surface area (Å²) in [5.74, 6) is 1.31. The molecule has 1 atom stereocenters. The van der Waals surface area contributed by atoms with Crippen molar-refractivity contribution in [3.8, 4) is 5.75 Å². The normalized spacial score (nSPS) is 12.0. The molecule has 0 spiro atoms. The lowest BCUT2D eigenvalue weighted by Gasteiger charge is -2.16. The molecule has 0 fully saturated rings. The van der Waals surface area contributed by atoms with Crippen LogP contribution in [0.25, 0.3) is 0 Å². The molecule has 1 heterocycles. The first-order valence-electron chi connectivity index (χ1n) is 9.35. The molecule has 1 unspecified atom stereocenters. The zero-order chi connectivity index (χ0) is 22.7. The molecule has 6 nitrogen and oxygen atoms in total. The van der Waals surface area contributed by atoms with E-state index in [2.05, 4.69) is 15.5 Å². The minimum absolute atomic E-state index is 0.154. The van der Waals surface area contributed by atoms with E-state index in [9.17, 15) is 4.79 Å². The molecule has 0 saturated carbocycles. The maximum atomic E-state index is 12.3. The third-order valence-corrected chi connectivity index (χ3v) is 6.49. The smallest absolute Gasteiger partial charge is 0.234 e. The Morgan fingerprint density at radius 1 is 1.10 bits per heavy atom. The van der Waals surface area contributed by atoms with Crippen molar-refractivity contribution in [2.45, 2.75) is 32.0 Å². The summed E-state index contributed by atoms with van der Waals surface area (Å²) in [4.78, 5) is 12.3. The molecule has 164 valence electrons. The fourth-order valence-corrected chi connectivity index (χ4v) is 4.34. The standard InChI is InChI=1S/C21H21Cl3N4O2S/c1-11-5-17(6-12(2)19(11)24)30-13(3)20-26-27-21(28(20)4)31-10-18(29)25-16-8-14(22)7-15(23)9-16/h5-9,13H,10H2,1-4H3,(H,25,29). The molecular weight excluding hydrogens is 479 g/mol. The van der Waals surface area contributed by atoms with Crippen molar-refractivity contribution in [2.75, 3.05) is 11.1 Å². The second-order valence-corrected chi connectivity index (χ2v) is 9.22. The van der Waals surface area contributed by atoms with Crippen molar-refractivity contribution >= 4 is 58.2 Å². The molecule has 1 N–H and O–H groups in total. The summed E-state index contributed by atoms with van der Waals surface area (Å²) in [6, 6.07) is 8.66. The van der Waals surface area contributed by atoms with E-state index in [1.54, 1.807) is 18.2 Å². The van der Waals surface area contributed by atoms with Gasteiger partial charge in [0.1, 0.15) is 5.75 Å². The van der Waals surface area contributed by atoms with E-state index in [0.717, 1.165) is 16.1 Å². The number of nitrogens with one attached hydrogen (secondary N) is 1. The lowest BCUT2D eigenvalue weighted by Crippen LogP contribution is -2.15. The topological polar surface area (TPSA) is 69.0 Å². The van der Waals surface area contributed by atoms with Crippen LogP contribution in [0.4, 0.5) is 5.69 Å². The van der Waals surface area contributed by atoms with Gasteiger partial charge in [-0.1, -0.05) is 46.6 Å². The third kappa shape index (κ3) is 6.07. The first-order valence-corrected chi connectivity index (χ1v) is 11.5. The number of carbonyl (C=O) groups excluding carboxylic acids is 1. The summed E-state index contributed by atoms with van der Waals surface area (Å²) in [5, 5.41) is 13.4. The Balaban J connectivity index is 1.62. The van der Waals surface area contributed by atoms with Gasteiger partial charge in [0.15, 0.2) is 17.1 Å². The van der Waals surface area contributed by atoms with Crippen LogP contribution in [0, 0.1) is 13.8 Å². The Morgan fingerprint density at radius 2 is 1.71 bits per heavy atom. The van der Waals surface area contributed by atoms with Crippen LogP contribution in [0.3, 0.4) is 0 Å². The monoisotopic (exact) mass is 498 g/mol. The predicted molar refractivity (Wildman–Crippen MR) is 127 cm³/mol. The van der Waals surface area contributed by atoms with Gasteiger partial charge < -0.3 is 14.6 Å². The van der Waals surface area contributed by atoms with Crippen LogP contribution >= 0.6 is 46.6 Å². The van der Waals surface area contributed by atoms with E-state index in [-0.39, 0.29) is 17.8 Å². The number of amides is 1. The zero-order valence-electron chi connectivity index (χ0n) is 17.4. The van der Waals surface area contributed by atoms with Crippen LogP contribution < -0.4 is 10.1 Å². The number of hydrogen-bond donors (Lipinski definition) is 1. The van der Waals surface area contributed by atoms with Crippen molar-refractivity contribution in [3.63, 3.8) is 0 Å². The largest absolute Gasteiger partial charge is 0.483 e. The highest BCUT2D eigenvalue weighted by molar-refractivity contribution is 7.99. The lowest BCUT2D eigenvalue weighted by atomic mass is 10.1. The van der Waals surface area contributed by atoms with Crippen molar-refractivity contribution < 1.29 is 9.53 Å². The molecular formula is C21H21Cl3N4O2S. The number of aromatic nitrogens is 3. The van der Waals surface area contributed by atoms with Crippen molar-refractivity contribution in [1.29, 1.82) is 0 Å². The molecule has 31 heavy (non-hydrogen) atoms. The molecule has 0 radical (unpaired) electrons. The Kier molecular flexibility index (Phi) is 7.75. The molecule has 0 bridgehead atoms. The fourth-order valence-electron chi connectivity index (χ4n) is 2.99. The molecule has 10 heteroatoms. The van der Waals surface area contributed by atoms with Crippen LogP contribution in [0.5, 0.6) is 5.75 Å². The van der Waals surface area contributed by atoms with Gasteiger partial charge in [0.05, 0.1) is 5.75 Å². The average molecular weight is 500 g/mol. The molecule has 1 amide bonds. The molecule has 0 aliphatic carbocycles. The van der Waals surface area contributed by atoms with Crippen LogP contribution in [-0.4, -0.2) is 26.4 Å². The first kappa shape index (κ1) is 23.7. The van der Waals surface area contributed by atoms with Gasteiger partial charge in [-0.25, -0.2) is 0 Å². The Labute approximate surface area is 200 Å². The molecule has 2 aromatic carbocycles. The van der Waals surface area contributed by atoms with Gasteiger partial charge in [-0.05, 0) is 62.2 Å². The van der Waals surface area contributed by atoms with E-state index in [1.165, 1.54) is 11.8 Å². The highest BCUT2D eigenvalue weighted by Gasteiger charge is 2.19. The maximum Gasteiger partial charge on any atom is 0.234 e. The summed E-state index contributed by atoms with van der Waals surface area (Å²) >= 11 is 19.4. The molecule has 0 aliphatic heterocycles. The number of hydrogen-bond acceptors (Lipinski definition) is 5. The van der Waals surface area contributed by atoms with Gasteiger partial charge in [0.2, 0.25) is 5.91 Å². The van der Waals surface area contributed by atoms with E-state index < -0.39 is 0 Å². The molecule has 0 aliphatic rings. The van der Waals surface area contributed by atoms with Crippen molar-refractivity contribution in [2.24, 2.45) is 7.05 Å². The average Bonchev–Trinajstić information content (AvgIpc) is 3.04. The number of carbonyl (C=O) groups is 1. The first-order chi connectivity index (χ1) is 14.6. The zero-order valence-corrected chi connectivity index (χ0v) is 20.5. The minimum Gasteiger partial charge on any atom is -0.483 e. The maximum absolute atomic E-state index is 12.3. The Bertz CT molecular complexity index is 1080. The van der Waals surface area contributed by atoms with Gasteiger partial charge in [0.25, 0.3) is 0 Å². The highest BCUT2D eigenvalue weighted by atomic mass is 35.5. The Hall–Kier alpha value is -1.93. The number of benzene rings is 2. The number of nitrogens with zero attached hydrogens (tertiary/aromatic N) is 3. The van der Waals surface area contributed by atoms with Crippen LogP contribution in [0.1, 0.15) is 30.0 Å². The SMILES string of the molecule is Cc1cc(OC(C)c2nnc(SCC(=O)Nc3cc(Cl)cc(Cl)c3)n2C)cc(C)c1Cl. The van der Waals surface area contributed by atoms with E-state index in [1.807, 2.05) is 44.5 Å². The molecule has 0 saturated heterocycles. The summed E-state index contributed by atoms with van der Waals surface area (Å²) in [5.41, 5.74) is 2.44. The number of aryl methyl sites for hydroxylation is 2. The number of anilines is 1. The Morgan fingerprint density at radius 3 is 2.32 bits per heavy atom. The summed E-state index contributed by atoms with van der Waals surface area (Å²) in [7, 11) is 1.84. The summed E-state index contributed by atoms with van der Waals surface area (Å²) < 4.78 is 7.86. The number of halogens is 3. The molecule has 3 aromatic rings. The van der Waals surface area contributed by atoms with Crippen molar-refractivity contribution in [3.05, 3.63) is 62.4 Å². The summed E-state index contributed by atoms with van der Waals surface area (Å²) in [6.45, 7) is 5.77. The molecule has 3 rings (SSSR count). The summed E-state index contributed by atoms with van der Waals surface area (Å²) in [6.07, 6.45) is -0.339. The lowest BCUT2D eigenvalue weighted by molar-refractivity contribution is -0.113. The van der Waals surface area contributed by atoms with Crippen LogP contribution in [-0.2, 0) is 11.8 Å². The second kappa shape index (κ2) is 10.1.